The van der Waals surface area contributed by atoms with E-state index in [0.29, 0.717) is 12.2 Å². The summed E-state index contributed by atoms with van der Waals surface area (Å²) in [6.45, 7) is 13.5. The molecule has 4 heteroatoms. The molecule has 34 heavy (non-hydrogen) atoms. The number of carbonyl (C=O) groups is 1. The minimum atomic E-state index is -0.306. The van der Waals surface area contributed by atoms with Gasteiger partial charge >= 0.3 is 5.97 Å². The van der Waals surface area contributed by atoms with Gasteiger partial charge in [-0.05, 0) is 91.9 Å². The Morgan fingerprint density at radius 1 is 0.971 bits per heavy atom. The number of hydrogen-bond donors (Lipinski definition) is 0. The molecular formula is C30H30O2S2. The molecule has 1 aromatic heterocycles. The highest BCUT2D eigenvalue weighted by atomic mass is 32.2. The van der Waals surface area contributed by atoms with Crippen molar-refractivity contribution in [3.8, 4) is 11.8 Å². The maximum absolute atomic E-state index is 11.9. The molecule has 0 spiro atoms. The second kappa shape index (κ2) is 9.49. The van der Waals surface area contributed by atoms with Crippen LogP contribution in [-0.2, 0) is 10.2 Å². The summed E-state index contributed by atoms with van der Waals surface area (Å²) in [6, 6.07) is 18.3. The van der Waals surface area contributed by atoms with Crippen molar-refractivity contribution in [2.45, 2.75) is 56.6 Å². The molecule has 1 aliphatic heterocycles. The first-order valence-corrected chi connectivity index (χ1v) is 13.2. The first kappa shape index (κ1) is 24.4. The van der Waals surface area contributed by atoms with Crippen LogP contribution in [0.5, 0.6) is 0 Å². The molecule has 174 valence electrons. The van der Waals surface area contributed by atoms with Gasteiger partial charge in [0, 0.05) is 30.5 Å². The van der Waals surface area contributed by atoms with Gasteiger partial charge in [-0.2, -0.15) is 0 Å². The molecule has 0 unspecified atom stereocenters. The van der Waals surface area contributed by atoms with Crippen molar-refractivity contribution in [2.24, 2.45) is 0 Å². The van der Waals surface area contributed by atoms with E-state index in [9.17, 15) is 4.79 Å². The molecule has 4 rings (SSSR count). The fraction of sp³-hybridized carbons (Fsp3) is 0.300. The van der Waals surface area contributed by atoms with Crippen molar-refractivity contribution < 1.29 is 9.53 Å². The zero-order valence-corrected chi connectivity index (χ0v) is 22.2. The van der Waals surface area contributed by atoms with Crippen molar-refractivity contribution >= 4 is 34.6 Å². The summed E-state index contributed by atoms with van der Waals surface area (Å²) in [5.41, 5.74) is 5.07. The molecule has 2 nitrogen and oxygen atoms in total. The summed E-state index contributed by atoms with van der Waals surface area (Å²) in [4.78, 5) is 15.8. The van der Waals surface area contributed by atoms with E-state index in [-0.39, 0.29) is 16.1 Å². The number of fused-ring (bicyclic) bond motifs is 1. The van der Waals surface area contributed by atoms with Gasteiger partial charge in [0.15, 0.2) is 0 Å². The molecule has 0 radical (unpaired) electrons. The van der Waals surface area contributed by atoms with Crippen molar-refractivity contribution in [2.75, 3.05) is 6.61 Å². The van der Waals surface area contributed by atoms with Gasteiger partial charge in [0.1, 0.15) is 0 Å². The molecule has 2 heterocycles. The van der Waals surface area contributed by atoms with E-state index >= 15 is 0 Å². The number of carbonyl (C=O) groups excluding carboxylic acids is 1. The number of ether oxygens (including phenoxy) is 1. The summed E-state index contributed by atoms with van der Waals surface area (Å²) < 4.78 is 5.08. The van der Waals surface area contributed by atoms with Crippen LogP contribution in [0.3, 0.4) is 0 Å². The predicted octanol–water partition coefficient (Wildman–Crippen LogP) is 7.94. The highest BCUT2D eigenvalue weighted by molar-refractivity contribution is 8.01. The van der Waals surface area contributed by atoms with Gasteiger partial charge in [0.25, 0.3) is 0 Å². The van der Waals surface area contributed by atoms with Crippen LogP contribution in [0.15, 0.2) is 65.6 Å². The van der Waals surface area contributed by atoms with Crippen LogP contribution in [0.1, 0.15) is 78.3 Å². The van der Waals surface area contributed by atoms with Gasteiger partial charge in [-0.25, -0.2) is 4.79 Å². The van der Waals surface area contributed by atoms with Crippen LogP contribution in [0.4, 0.5) is 0 Å². The number of hydrogen-bond acceptors (Lipinski definition) is 4. The lowest BCUT2D eigenvalue weighted by molar-refractivity contribution is 0.0526. The zero-order valence-electron chi connectivity index (χ0n) is 20.6. The van der Waals surface area contributed by atoms with E-state index in [1.807, 2.05) is 35.2 Å². The Morgan fingerprint density at radius 3 is 2.29 bits per heavy atom. The molecule has 0 atom stereocenters. The number of esters is 1. The van der Waals surface area contributed by atoms with Crippen molar-refractivity contribution in [3.05, 3.63) is 92.7 Å². The zero-order chi connectivity index (χ0) is 24.5. The highest BCUT2D eigenvalue weighted by Gasteiger charge is 2.28. The molecule has 0 bridgehead atoms. The quantitative estimate of drug-likeness (QED) is 0.278. The van der Waals surface area contributed by atoms with Gasteiger partial charge in [0.2, 0.25) is 0 Å². The maximum Gasteiger partial charge on any atom is 0.338 e. The van der Waals surface area contributed by atoms with Gasteiger partial charge < -0.3 is 4.74 Å². The second-order valence-corrected chi connectivity index (χ2v) is 12.7. The van der Waals surface area contributed by atoms with Crippen LogP contribution in [-0.4, -0.2) is 17.3 Å². The molecule has 2 aromatic carbocycles. The van der Waals surface area contributed by atoms with E-state index in [2.05, 4.69) is 82.9 Å². The molecule has 0 amide bonds. The molecule has 3 aromatic rings. The Labute approximate surface area is 211 Å². The monoisotopic (exact) mass is 486 g/mol. The Morgan fingerprint density at radius 2 is 1.65 bits per heavy atom. The number of rotatable bonds is 3. The standard InChI is InChI=1S/C30H30O2S2/c1-7-32-28(31)22-13-10-20(11-14-22)8-9-21-12-15-26-23(18-21)24(19-30(5,6)34-26)25-16-17-27(33-25)29(2,3)4/h10-19H,7H2,1-6H3. The summed E-state index contributed by atoms with van der Waals surface area (Å²) in [7, 11) is 0. The summed E-state index contributed by atoms with van der Waals surface area (Å²) in [5, 5.41) is 0. The normalized spacial score (nSPS) is 14.5. The van der Waals surface area contributed by atoms with Gasteiger partial charge in [-0.3, -0.25) is 0 Å². The van der Waals surface area contributed by atoms with Crippen LogP contribution in [0.25, 0.3) is 5.57 Å². The lowest BCUT2D eigenvalue weighted by Gasteiger charge is -2.29. The van der Waals surface area contributed by atoms with Crippen LogP contribution in [0, 0.1) is 11.8 Å². The third-order valence-electron chi connectivity index (χ3n) is 5.49. The van der Waals surface area contributed by atoms with Crippen molar-refractivity contribution in [1.82, 2.24) is 0 Å². The third kappa shape index (κ3) is 5.49. The van der Waals surface area contributed by atoms with E-state index in [1.165, 1.54) is 25.8 Å². The molecule has 0 N–H and O–H groups in total. The lowest BCUT2D eigenvalue weighted by atomic mass is 9.94. The fourth-order valence-electron chi connectivity index (χ4n) is 3.78. The number of thiophene rings is 1. The minimum Gasteiger partial charge on any atom is -0.462 e. The van der Waals surface area contributed by atoms with E-state index in [4.69, 9.17) is 4.74 Å². The molecule has 0 aliphatic carbocycles. The topological polar surface area (TPSA) is 26.3 Å². The Kier molecular flexibility index (Phi) is 6.80. The van der Waals surface area contributed by atoms with Crippen LogP contribution < -0.4 is 0 Å². The average molecular weight is 487 g/mol. The Bertz CT molecular complexity index is 1310. The smallest absolute Gasteiger partial charge is 0.338 e. The second-order valence-electron chi connectivity index (χ2n) is 9.94. The maximum atomic E-state index is 11.9. The first-order chi connectivity index (χ1) is 16.1. The van der Waals surface area contributed by atoms with Gasteiger partial charge in [-0.1, -0.05) is 38.7 Å². The highest BCUT2D eigenvalue weighted by Crippen LogP contribution is 2.48. The lowest BCUT2D eigenvalue weighted by Crippen LogP contribution is -2.16. The minimum absolute atomic E-state index is 0.0298. The molecule has 1 aliphatic rings. The fourth-order valence-corrected chi connectivity index (χ4v) is 6.04. The van der Waals surface area contributed by atoms with Crippen LogP contribution in [0.2, 0.25) is 0 Å². The summed E-state index contributed by atoms with van der Waals surface area (Å²) in [6.07, 6.45) is 2.39. The first-order valence-electron chi connectivity index (χ1n) is 11.5. The Balaban J connectivity index is 1.66. The third-order valence-corrected chi connectivity index (χ3v) is 8.26. The average Bonchev–Trinajstić information content (AvgIpc) is 3.28. The number of benzene rings is 2. The van der Waals surface area contributed by atoms with Gasteiger partial charge in [-0.15, -0.1) is 23.1 Å². The molecule has 0 saturated carbocycles. The van der Waals surface area contributed by atoms with Gasteiger partial charge in [0.05, 0.1) is 12.2 Å². The summed E-state index contributed by atoms with van der Waals surface area (Å²) >= 11 is 3.78. The SMILES string of the molecule is CCOC(=O)c1ccc(C#Cc2ccc3c(c2)C(c2ccc(C(C)(C)C)s2)=CC(C)(C)S3)cc1. The van der Waals surface area contributed by atoms with Crippen molar-refractivity contribution in [1.29, 1.82) is 0 Å². The van der Waals surface area contributed by atoms with E-state index < -0.39 is 0 Å². The molecular weight excluding hydrogens is 456 g/mol. The molecule has 0 saturated heterocycles. The molecule has 0 fully saturated rings. The van der Waals surface area contributed by atoms with E-state index in [1.54, 1.807) is 19.1 Å². The predicted molar refractivity (Wildman–Crippen MR) is 145 cm³/mol. The summed E-state index contributed by atoms with van der Waals surface area (Å²) in [5.74, 6) is 6.24. The number of thioether (sulfide) groups is 1. The van der Waals surface area contributed by atoms with Crippen molar-refractivity contribution in [3.63, 3.8) is 0 Å². The van der Waals surface area contributed by atoms with E-state index in [0.717, 1.165) is 11.1 Å². The largest absolute Gasteiger partial charge is 0.462 e. The van der Waals surface area contributed by atoms with Crippen LogP contribution >= 0.6 is 23.1 Å². The Hall–Kier alpha value is -2.74.